The number of aliphatic hydroxyl groups excluding tert-OH is 1. The Hall–Kier alpha value is -1.59. The van der Waals surface area contributed by atoms with Crippen LogP contribution in [0.1, 0.15) is 26.2 Å². The smallest absolute Gasteiger partial charge is 0.313 e. The molecule has 3 N–H and O–H groups in total. The van der Waals surface area contributed by atoms with Crippen LogP contribution in [0.4, 0.5) is 5.69 Å². The molecule has 2 unspecified atom stereocenters. The molecule has 114 valence electrons. The van der Waals surface area contributed by atoms with Crippen LogP contribution in [-0.4, -0.2) is 29.6 Å². The van der Waals surface area contributed by atoms with Crippen LogP contribution in [-0.2, 0) is 9.59 Å². The van der Waals surface area contributed by atoms with E-state index >= 15 is 0 Å². The average Bonchev–Trinajstić information content (AvgIpc) is 2.83. The Bertz CT molecular complexity index is 532. The molecule has 2 amide bonds. The second-order valence-electron chi connectivity index (χ2n) is 5.69. The third-order valence-electron chi connectivity index (χ3n) is 4.06. The highest BCUT2D eigenvalue weighted by atomic mass is 35.5. The number of carbonyl (C=O) groups excluding carboxylic acids is 2. The summed E-state index contributed by atoms with van der Waals surface area (Å²) in [4.78, 5) is 23.8. The quantitative estimate of drug-likeness (QED) is 0.747. The normalized spacial score (nSPS) is 24.6. The third-order valence-corrected chi connectivity index (χ3v) is 4.31. The Kier molecular flexibility index (Phi) is 4.85. The summed E-state index contributed by atoms with van der Waals surface area (Å²) in [6.45, 7) is 1.92. The lowest BCUT2D eigenvalue weighted by molar-refractivity contribution is -0.137. The van der Waals surface area contributed by atoms with Crippen LogP contribution in [0.15, 0.2) is 24.3 Å². The molecule has 1 aliphatic rings. The number of amides is 2. The van der Waals surface area contributed by atoms with E-state index in [1.807, 2.05) is 6.92 Å². The van der Waals surface area contributed by atoms with Gasteiger partial charge in [0.2, 0.25) is 0 Å². The summed E-state index contributed by atoms with van der Waals surface area (Å²) in [6, 6.07) is 6.34. The van der Waals surface area contributed by atoms with E-state index in [4.69, 9.17) is 11.6 Å². The van der Waals surface area contributed by atoms with Crippen LogP contribution in [0.5, 0.6) is 0 Å². The minimum absolute atomic E-state index is 0.00322. The van der Waals surface area contributed by atoms with Gasteiger partial charge >= 0.3 is 11.8 Å². The molecule has 0 aromatic heterocycles. The number of nitrogens with one attached hydrogen (secondary N) is 2. The molecule has 2 rings (SSSR count). The Morgan fingerprint density at radius 3 is 2.62 bits per heavy atom. The molecule has 1 aromatic rings. The van der Waals surface area contributed by atoms with Crippen LogP contribution < -0.4 is 10.6 Å². The lowest BCUT2D eigenvalue weighted by Crippen LogP contribution is -2.48. The summed E-state index contributed by atoms with van der Waals surface area (Å²) in [5.74, 6) is -1.40. The minimum atomic E-state index is -0.718. The molecule has 1 aliphatic carbocycles. The van der Waals surface area contributed by atoms with Crippen molar-refractivity contribution in [3.8, 4) is 0 Å². The number of rotatable bonds is 3. The average molecular weight is 311 g/mol. The maximum Gasteiger partial charge on any atom is 0.313 e. The second kappa shape index (κ2) is 6.45. The van der Waals surface area contributed by atoms with Crippen LogP contribution in [0.25, 0.3) is 0 Å². The first kappa shape index (κ1) is 15.8. The SMILES string of the molecule is CC1(CO)CCCC1NC(=O)C(=O)Nc1ccc(Cl)cc1. The van der Waals surface area contributed by atoms with Gasteiger partial charge in [-0.05, 0) is 37.1 Å². The molecular weight excluding hydrogens is 292 g/mol. The number of hydrogen-bond acceptors (Lipinski definition) is 3. The third kappa shape index (κ3) is 3.74. The van der Waals surface area contributed by atoms with Gasteiger partial charge in [-0.3, -0.25) is 9.59 Å². The first-order chi connectivity index (χ1) is 9.94. The Morgan fingerprint density at radius 2 is 2.00 bits per heavy atom. The van der Waals surface area contributed by atoms with Gasteiger partial charge in [0.05, 0.1) is 6.61 Å². The van der Waals surface area contributed by atoms with Gasteiger partial charge < -0.3 is 15.7 Å². The molecule has 21 heavy (non-hydrogen) atoms. The summed E-state index contributed by atoms with van der Waals surface area (Å²) in [6.07, 6.45) is 2.55. The van der Waals surface area contributed by atoms with Crippen LogP contribution in [0.3, 0.4) is 0 Å². The predicted octanol–water partition coefficient (Wildman–Crippen LogP) is 1.95. The van der Waals surface area contributed by atoms with Crippen molar-refractivity contribution in [3.05, 3.63) is 29.3 Å². The van der Waals surface area contributed by atoms with Crippen molar-refractivity contribution in [1.82, 2.24) is 5.32 Å². The summed E-state index contributed by atoms with van der Waals surface area (Å²) >= 11 is 5.76. The van der Waals surface area contributed by atoms with Crippen LogP contribution in [0, 0.1) is 5.41 Å². The van der Waals surface area contributed by atoms with E-state index in [0.29, 0.717) is 10.7 Å². The molecule has 2 atom stereocenters. The molecule has 0 heterocycles. The highest BCUT2D eigenvalue weighted by Crippen LogP contribution is 2.37. The van der Waals surface area contributed by atoms with E-state index in [1.54, 1.807) is 24.3 Å². The van der Waals surface area contributed by atoms with Gasteiger partial charge in [-0.15, -0.1) is 0 Å². The molecule has 1 saturated carbocycles. The molecule has 5 nitrogen and oxygen atoms in total. The second-order valence-corrected chi connectivity index (χ2v) is 6.13. The highest BCUT2D eigenvalue weighted by Gasteiger charge is 2.39. The molecular formula is C15H19ClN2O3. The topological polar surface area (TPSA) is 78.4 Å². The number of anilines is 1. The summed E-state index contributed by atoms with van der Waals surface area (Å²) in [7, 11) is 0. The van der Waals surface area contributed by atoms with E-state index < -0.39 is 11.8 Å². The van der Waals surface area contributed by atoms with E-state index in [-0.39, 0.29) is 18.1 Å². The van der Waals surface area contributed by atoms with Crippen LogP contribution in [0.2, 0.25) is 5.02 Å². The van der Waals surface area contributed by atoms with Crippen molar-refractivity contribution >= 4 is 29.1 Å². The molecule has 6 heteroatoms. The van der Waals surface area contributed by atoms with Crippen molar-refractivity contribution in [2.75, 3.05) is 11.9 Å². The zero-order chi connectivity index (χ0) is 15.5. The van der Waals surface area contributed by atoms with Gasteiger partial charge in [-0.1, -0.05) is 24.9 Å². The zero-order valence-electron chi connectivity index (χ0n) is 11.9. The maximum atomic E-state index is 11.9. The predicted molar refractivity (Wildman–Crippen MR) is 81.1 cm³/mol. The lowest BCUT2D eigenvalue weighted by Gasteiger charge is -2.29. The number of benzene rings is 1. The number of carbonyl (C=O) groups is 2. The van der Waals surface area contributed by atoms with Gasteiger partial charge in [0.1, 0.15) is 0 Å². The van der Waals surface area contributed by atoms with Gasteiger partial charge in [0, 0.05) is 22.2 Å². The van der Waals surface area contributed by atoms with Gasteiger partial charge in [-0.2, -0.15) is 0 Å². The molecule has 0 bridgehead atoms. The maximum absolute atomic E-state index is 11.9. The molecule has 1 aromatic carbocycles. The fourth-order valence-corrected chi connectivity index (χ4v) is 2.74. The fraction of sp³-hybridized carbons (Fsp3) is 0.467. The van der Waals surface area contributed by atoms with E-state index in [1.165, 1.54) is 0 Å². The first-order valence-electron chi connectivity index (χ1n) is 6.93. The molecule has 0 aliphatic heterocycles. The molecule has 1 fully saturated rings. The van der Waals surface area contributed by atoms with Gasteiger partial charge in [0.15, 0.2) is 0 Å². The molecule has 0 spiro atoms. The lowest BCUT2D eigenvalue weighted by atomic mass is 9.86. The van der Waals surface area contributed by atoms with E-state index in [0.717, 1.165) is 19.3 Å². The largest absolute Gasteiger partial charge is 0.396 e. The standard InChI is InChI=1S/C15H19ClN2O3/c1-15(9-19)8-2-3-12(15)18-14(21)13(20)17-11-6-4-10(16)5-7-11/h4-7,12,19H,2-3,8-9H2,1H3,(H,17,20)(H,18,21). The van der Waals surface area contributed by atoms with Crippen molar-refractivity contribution < 1.29 is 14.7 Å². The Balaban J connectivity index is 1.94. The molecule has 0 radical (unpaired) electrons. The summed E-state index contributed by atoms with van der Waals surface area (Å²) < 4.78 is 0. The monoisotopic (exact) mass is 310 g/mol. The number of hydrogen-bond donors (Lipinski definition) is 3. The number of aliphatic hydroxyl groups is 1. The van der Waals surface area contributed by atoms with Crippen molar-refractivity contribution in [2.24, 2.45) is 5.41 Å². The first-order valence-corrected chi connectivity index (χ1v) is 7.31. The van der Waals surface area contributed by atoms with Crippen molar-refractivity contribution in [2.45, 2.75) is 32.2 Å². The van der Waals surface area contributed by atoms with Crippen molar-refractivity contribution in [3.63, 3.8) is 0 Å². The Morgan fingerprint density at radius 1 is 1.33 bits per heavy atom. The Labute approximate surface area is 128 Å². The van der Waals surface area contributed by atoms with Crippen molar-refractivity contribution in [1.29, 1.82) is 0 Å². The fourth-order valence-electron chi connectivity index (χ4n) is 2.61. The van der Waals surface area contributed by atoms with Gasteiger partial charge in [-0.25, -0.2) is 0 Å². The summed E-state index contributed by atoms with van der Waals surface area (Å²) in [5, 5.41) is 15.2. The minimum Gasteiger partial charge on any atom is -0.396 e. The summed E-state index contributed by atoms with van der Waals surface area (Å²) in [5.41, 5.74) is 0.159. The number of halogens is 1. The highest BCUT2D eigenvalue weighted by molar-refractivity contribution is 6.39. The van der Waals surface area contributed by atoms with Gasteiger partial charge in [0.25, 0.3) is 0 Å². The van der Waals surface area contributed by atoms with E-state index in [9.17, 15) is 14.7 Å². The van der Waals surface area contributed by atoms with Crippen LogP contribution >= 0.6 is 11.6 Å². The van der Waals surface area contributed by atoms with E-state index in [2.05, 4.69) is 10.6 Å². The molecule has 0 saturated heterocycles. The zero-order valence-corrected chi connectivity index (χ0v) is 12.6.